The summed E-state index contributed by atoms with van der Waals surface area (Å²) in [4.78, 5) is 10.0. The Morgan fingerprint density at radius 1 is 1.67 bits per heavy atom. The van der Waals surface area contributed by atoms with E-state index < -0.39 is 4.92 Å². The normalized spacial score (nSPS) is 18.5. The molecule has 6 heteroatoms. The molecule has 6 nitrogen and oxygen atoms in total. The molecule has 2 rings (SSSR count). The fourth-order valence-corrected chi connectivity index (χ4v) is 1.12. The molecule has 0 saturated carbocycles. The second-order valence-corrected chi connectivity index (χ2v) is 3.24. The standard InChI is InChI=1S/C9H10N2O4/c10-8-2-1-6(3-9(8)11(12)13)14-4-7-5-15-7/h1-3,7H,4-5,10H2. The lowest BCUT2D eigenvalue weighted by Gasteiger charge is -2.04. The highest BCUT2D eigenvalue weighted by molar-refractivity contribution is 5.60. The van der Waals surface area contributed by atoms with Crippen LogP contribution < -0.4 is 10.5 Å². The predicted octanol–water partition coefficient (Wildman–Crippen LogP) is 0.955. The molecule has 1 heterocycles. The Bertz CT molecular complexity index is 390. The lowest BCUT2D eigenvalue weighted by Crippen LogP contribution is -2.04. The Kier molecular flexibility index (Phi) is 2.42. The van der Waals surface area contributed by atoms with Gasteiger partial charge in [-0.1, -0.05) is 0 Å². The largest absolute Gasteiger partial charge is 0.491 e. The third-order valence-electron chi connectivity index (χ3n) is 2.04. The first kappa shape index (κ1) is 9.72. The molecule has 0 aliphatic carbocycles. The Morgan fingerprint density at radius 2 is 2.40 bits per heavy atom. The van der Waals surface area contributed by atoms with Crippen molar-refractivity contribution in [2.45, 2.75) is 6.10 Å². The van der Waals surface area contributed by atoms with Crippen LogP contribution in [0.25, 0.3) is 0 Å². The molecule has 1 saturated heterocycles. The van der Waals surface area contributed by atoms with Crippen LogP contribution in [0.4, 0.5) is 11.4 Å². The number of epoxide rings is 1. The first-order valence-electron chi connectivity index (χ1n) is 4.45. The van der Waals surface area contributed by atoms with E-state index >= 15 is 0 Å². The first-order valence-corrected chi connectivity index (χ1v) is 4.45. The highest BCUT2D eigenvalue weighted by atomic mass is 16.6. The molecule has 1 aromatic rings. The van der Waals surface area contributed by atoms with Crippen LogP contribution in [0.15, 0.2) is 18.2 Å². The Labute approximate surface area is 85.7 Å². The van der Waals surface area contributed by atoms with Gasteiger partial charge in [0, 0.05) is 0 Å². The van der Waals surface area contributed by atoms with E-state index in [-0.39, 0.29) is 17.5 Å². The zero-order valence-electron chi connectivity index (χ0n) is 7.88. The Hall–Kier alpha value is -1.82. The molecule has 1 aliphatic heterocycles. The molecule has 0 amide bonds. The molecule has 2 N–H and O–H groups in total. The van der Waals surface area contributed by atoms with E-state index in [1.807, 2.05) is 0 Å². The van der Waals surface area contributed by atoms with Gasteiger partial charge >= 0.3 is 0 Å². The zero-order valence-corrected chi connectivity index (χ0v) is 7.88. The van der Waals surface area contributed by atoms with Gasteiger partial charge in [-0.15, -0.1) is 0 Å². The van der Waals surface area contributed by atoms with Crippen LogP contribution >= 0.6 is 0 Å². The van der Waals surface area contributed by atoms with E-state index in [0.29, 0.717) is 19.0 Å². The molecule has 0 aromatic heterocycles. The smallest absolute Gasteiger partial charge is 0.295 e. The number of nitrogens with zero attached hydrogens (tertiary/aromatic N) is 1. The fraction of sp³-hybridized carbons (Fsp3) is 0.333. The van der Waals surface area contributed by atoms with E-state index in [2.05, 4.69) is 0 Å². The van der Waals surface area contributed by atoms with Gasteiger partial charge in [0.25, 0.3) is 5.69 Å². The van der Waals surface area contributed by atoms with Crippen LogP contribution in [0.3, 0.4) is 0 Å². The minimum atomic E-state index is -0.532. The number of nitrogen functional groups attached to an aromatic ring is 1. The highest BCUT2D eigenvalue weighted by Gasteiger charge is 2.23. The summed E-state index contributed by atoms with van der Waals surface area (Å²) in [5.74, 6) is 0.436. The molecule has 1 unspecified atom stereocenters. The molecule has 0 spiro atoms. The van der Waals surface area contributed by atoms with Crippen molar-refractivity contribution >= 4 is 11.4 Å². The maximum Gasteiger partial charge on any atom is 0.295 e. The minimum absolute atomic E-state index is 0.126. The van der Waals surface area contributed by atoms with Crippen LogP contribution in [-0.2, 0) is 4.74 Å². The summed E-state index contributed by atoms with van der Waals surface area (Å²) in [5, 5.41) is 10.6. The van der Waals surface area contributed by atoms with Crippen molar-refractivity contribution in [2.75, 3.05) is 18.9 Å². The maximum absolute atomic E-state index is 10.6. The average Bonchev–Trinajstić information content (AvgIpc) is 3.00. The molecule has 1 aromatic carbocycles. The third kappa shape index (κ3) is 2.35. The number of ether oxygens (including phenoxy) is 2. The number of rotatable bonds is 4. The molecule has 1 fully saturated rings. The van der Waals surface area contributed by atoms with Crippen LogP contribution in [0, 0.1) is 10.1 Å². The lowest BCUT2D eigenvalue weighted by atomic mass is 10.2. The summed E-state index contributed by atoms with van der Waals surface area (Å²) in [6.07, 6.45) is 0.126. The van der Waals surface area contributed by atoms with Crippen molar-refractivity contribution in [3.05, 3.63) is 28.3 Å². The Morgan fingerprint density at radius 3 is 3.00 bits per heavy atom. The van der Waals surface area contributed by atoms with Crippen molar-refractivity contribution in [3.63, 3.8) is 0 Å². The summed E-state index contributed by atoms with van der Waals surface area (Å²) in [6, 6.07) is 4.38. The molecular formula is C9H10N2O4. The number of anilines is 1. The van der Waals surface area contributed by atoms with Gasteiger partial charge in [-0.2, -0.15) is 0 Å². The average molecular weight is 210 g/mol. The van der Waals surface area contributed by atoms with Gasteiger partial charge in [0.2, 0.25) is 0 Å². The van der Waals surface area contributed by atoms with E-state index in [0.717, 1.165) is 0 Å². The van der Waals surface area contributed by atoms with Crippen LogP contribution in [0.2, 0.25) is 0 Å². The summed E-state index contributed by atoms with van der Waals surface area (Å²) >= 11 is 0. The number of hydrogen-bond donors (Lipinski definition) is 1. The molecule has 1 atom stereocenters. The Balaban J connectivity index is 2.10. The van der Waals surface area contributed by atoms with E-state index in [9.17, 15) is 10.1 Å². The second-order valence-electron chi connectivity index (χ2n) is 3.24. The molecule has 0 radical (unpaired) electrons. The van der Waals surface area contributed by atoms with Gasteiger partial charge in [-0.25, -0.2) is 0 Å². The SMILES string of the molecule is Nc1ccc(OCC2CO2)cc1[N+](=O)[O-]. The number of hydrogen-bond acceptors (Lipinski definition) is 5. The van der Waals surface area contributed by atoms with Gasteiger partial charge < -0.3 is 15.2 Å². The number of nitro benzene ring substituents is 1. The van der Waals surface area contributed by atoms with Crippen molar-refractivity contribution in [1.82, 2.24) is 0 Å². The van der Waals surface area contributed by atoms with E-state index in [1.165, 1.54) is 12.1 Å². The van der Waals surface area contributed by atoms with Crippen LogP contribution in [0.5, 0.6) is 5.75 Å². The molecule has 80 valence electrons. The van der Waals surface area contributed by atoms with Crippen LogP contribution in [0.1, 0.15) is 0 Å². The number of benzene rings is 1. The summed E-state index contributed by atoms with van der Waals surface area (Å²) in [7, 11) is 0. The number of nitrogens with two attached hydrogens (primary N) is 1. The van der Waals surface area contributed by atoms with Gasteiger partial charge in [0.05, 0.1) is 17.6 Å². The van der Waals surface area contributed by atoms with Crippen LogP contribution in [-0.4, -0.2) is 24.2 Å². The highest BCUT2D eigenvalue weighted by Crippen LogP contribution is 2.26. The third-order valence-corrected chi connectivity index (χ3v) is 2.04. The fourth-order valence-electron chi connectivity index (χ4n) is 1.12. The molecule has 1 aliphatic rings. The van der Waals surface area contributed by atoms with Gasteiger partial charge in [0.15, 0.2) is 0 Å². The predicted molar refractivity (Wildman–Crippen MR) is 52.7 cm³/mol. The van der Waals surface area contributed by atoms with Gasteiger partial charge in [-0.3, -0.25) is 10.1 Å². The topological polar surface area (TPSA) is 90.9 Å². The summed E-state index contributed by atoms with van der Waals surface area (Å²) in [5.41, 5.74) is 5.44. The van der Waals surface area contributed by atoms with E-state index in [4.69, 9.17) is 15.2 Å². The molecular weight excluding hydrogens is 200 g/mol. The second kappa shape index (κ2) is 3.74. The zero-order chi connectivity index (χ0) is 10.8. The number of nitro groups is 1. The molecule has 15 heavy (non-hydrogen) atoms. The first-order chi connectivity index (χ1) is 7.16. The van der Waals surface area contributed by atoms with Crippen molar-refractivity contribution in [1.29, 1.82) is 0 Å². The monoisotopic (exact) mass is 210 g/mol. The van der Waals surface area contributed by atoms with Crippen molar-refractivity contribution in [2.24, 2.45) is 0 Å². The summed E-state index contributed by atoms with van der Waals surface area (Å²) in [6.45, 7) is 1.11. The van der Waals surface area contributed by atoms with Crippen molar-refractivity contribution < 1.29 is 14.4 Å². The van der Waals surface area contributed by atoms with Gasteiger partial charge in [-0.05, 0) is 12.1 Å². The van der Waals surface area contributed by atoms with Gasteiger partial charge in [0.1, 0.15) is 24.1 Å². The maximum atomic E-state index is 10.6. The minimum Gasteiger partial charge on any atom is -0.491 e. The summed E-state index contributed by atoms with van der Waals surface area (Å²) < 4.78 is 10.2. The van der Waals surface area contributed by atoms with Crippen molar-refractivity contribution in [3.8, 4) is 5.75 Å². The molecule has 0 bridgehead atoms. The van der Waals surface area contributed by atoms with E-state index in [1.54, 1.807) is 6.07 Å². The lowest BCUT2D eigenvalue weighted by molar-refractivity contribution is -0.384. The quantitative estimate of drug-likeness (QED) is 0.346.